The first kappa shape index (κ1) is 39.5. The summed E-state index contributed by atoms with van der Waals surface area (Å²) in [5.41, 5.74) is 0.825. The number of rotatable bonds is 21. The lowest BCUT2D eigenvalue weighted by atomic mass is 10.0. The Labute approximate surface area is 279 Å². The molecule has 12 heteroatoms. The molecule has 4 amide bonds. The van der Waals surface area contributed by atoms with Crippen molar-refractivity contribution in [3.8, 4) is 0 Å². The van der Waals surface area contributed by atoms with Gasteiger partial charge in [-0.3, -0.25) is 14.4 Å². The second kappa shape index (κ2) is 20.5. The Balaban J connectivity index is 1.91. The number of ether oxygens (including phenoxy) is 3. The highest BCUT2D eigenvalue weighted by atomic mass is 16.6. The first-order chi connectivity index (χ1) is 22.3. The smallest absolute Gasteiger partial charge is 0.408 e. The minimum absolute atomic E-state index is 0.0733. The molecule has 1 saturated heterocycles. The normalized spacial score (nSPS) is 17.4. The number of hydrogen-bond donors (Lipinski definition) is 4. The number of epoxide rings is 1. The van der Waals surface area contributed by atoms with Crippen LogP contribution in [0.2, 0.25) is 0 Å². The second-order valence-electron chi connectivity index (χ2n) is 13.5. The lowest BCUT2D eigenvalue weighted by Crippen LogP contribution is -2.51. The molecule has 0 bridgehead atoms. The molecule has 1 fully saturated rings. The molecule has 47 heavy (non-hydrogen) atoms. The predicted octanol–water partition coefficient (Wildman–Crippen LogP) is 4.01. The van der Waals surface area contributed by atoms with Crippen molar-refractivity contribution in [2.24, 2.45) is 17.8 Å². The third-order valence-corrected chi connectivity index (χ3v) is 7.55. The number of carbonyl (C=O) groups excluding carboxylic acids is 5. The van der Waals surface area contributed by atoms with Crippen molar-refractivity contribution in [1.29, 1.82) is 0 Å². The molecule has 12 nitrogen and oxygen atoms in total. The Hall–Kier alpha value is -3.67. The van der Waals surface area contributed by atoms with Gasteiger partial charge in [-0.05, 0) is 49.0 Å². The molecule has 264 valence electrons. The van der Waals surface area contributed by atoms with Crippen molar-refractivity contribution >= 4 is 29.8 Å². The van der Waals surface area contributed by atoms with E-state index in [-0.39, 0.29) is 31.0 Å². The van der Waals surface area contributed by atoms with Gasteiger partial charge in [0.1, 0.15) is 25.3 Å². The lowest BCUT2D eigenvalue weighted by molar-refractivity contribution is -0.146. The summed E-state index contributed by atoms with van der Waals surface area (Å²) < 4.78 is 16.1. The lowest BCUT2D eigenvalue weighted by Gasteiger charge is -2.24. The van der Waals surface area contributed by atoms with Crippen LogP contribution in [-0.2, 0) is 40.0 Å². The molecule has 0 aromatic heterocycles. The van der Waals surface area contributed by atoms with Crippen molar-refractivity contribution in [1.82, 2.24) is 21.3 Å². The quantitative estimate of drug-likeness (QED) is 0.114. The molecule has 4 N–H and O–H groups in total. The van der Waals surface area contributed by atoms with Crippen molar-refractivity contribution in [3.63, 3.8) is 0 Å². The van der Waals surface area contributed by atoms with Crippen LogP contribution in [0.15, 0.2) is 30.3 Å². The summed E-state index contributed by atoms with van der Waals surface area (Å²) in [7, 11) is 0. The van der Waals surface area contributed by atoms with Gasteiger partial charge in [-0.2, -0.15) is 0 Å². The number of benzene rings is 1. The SMILES string of the molecule is CCCC[C@H](COC(=O)[C@H]1O[C@@H]1C(=O)N[C@@H](CC(C)C)C(=O)NCCC(C)C)NC(=O)[C@H](CC(C)C)NC(=O)OCc1ccccc1. The van der Waals surface area contributed by atoms with E-state index >= 15 is 0 Å². The summed E-state index contributed by atoms with van der Waals surface area (Å²) in [5, 5.41) is 11.2. The fourth-order valence-corrected chi connectivity index (χ4v) is 4.88. The van der Waals surface area contributed by atoms with Gasteiger partial charge in [0.25, 0.3) is 5.91 Å². The van der Waals surface area contributed by atoms with Gasteiger partial charge in [0.2, 0.25) is 11.8 Å². The van der Waals surface area contributed by atoms with E-state index in [1.807, 2.05) is 65.0 Å². The molecule has 0 unspecified atom stereocenters. The molecule has 1 aliphatic heterocycles. The maximum Gasteiger partial charge on any atom is 0.408 e. The van der Waals surface area contributed by atoms with Gasteiger partial charge < -0.3 is 35.5 Å². The maximum absolute atomic E-state index is 13.3. The van der Waals surface area contributed by atoms with Gasteiger partial charge in [0.05, 0.1) is 6.04 Å². The monoisotopic (exact) mass is 660 g/mol. The molecule has 1 aromatic carbocycles. The van der Waals surface area contributed by atoms with E-state index in [1.165, 1.54) is 0 Å². The Kier molecular flexibility index (Phi) is 17.3. The summed E-state index contributed by atoms with van der Waals surface area (Å²) >= 11 is 0. The number of alkyl carbamates (subject to hydrolysis) is 1. The molecule has 0 aliphatic carbocycles. The summed E-state index contributed by atoms with van der Waals surface area (Å²) in [6, 6.07) is 7.13. The van der Waals surface area contributed by atoms with E-state index < -0.39 is 54.2 Å². The summed E-state index contributed by atoms with van der Waals surface area (Å²) in [6.45, 7) is 14.4. The van der Waals surface area contributed by atoms with E-state index in [0.29, 0.717) is 31.7 Å². The molecular formula is C35H56N4O8. The molecule has 1 aliphatic rings. The van der Waals surface area contributed by atoms with Crippen LogP contribution < -0.4 is 21.3 Å². The van der Waals surface area contributed by atoms with Gasteiger partial charge in [-0.1, -0.05) is 91.6 Å². The third-order valence-electron chi connectivity index (χ3n) is 7.55. The Bertz CT molecular complexity index is 1140. The minimum atomic E-state index is -1.09. The Morgan fingerprint density at radius 3 is 2.00 bits per heavy atom. The largest absolute Gasteiger partial charge is 0.461 e. The van der Waals surface area contributed by atoms with Gasteiger partial charge in [0.15, 0.2) is 12.2 Å². The van der Waals surface area contributed by atoms with E-state index in [9.17, 15) is 24.0 Å². The van der Waals surface area contributed by atoms with Crippen LogP contribution in [0.5, 0.6) is 0 Å². The van der Waals surface area contributed by atoms with Gasteiger partial charge in [0, 0.05) is 6.54 Å². The van der Waals surface area contributed by atoms with Crippen LogP contribution in [0.25, 0.3) is 0 Å². The average Bonchev–Trinajstić information content (AvgIpc) is 3.82. The van der Waals surface area contributed by atoms with Crippen molar-refractivity contribution in [2.75, 3.05) is 13.2 Å². The van der Waals surface area contributed by atoms with Crippen LogP contribution >= 0.6 is 0 Å². The minimum Gasteiger partial charge on any atom is -0.461 e. The average molecular weight is 661 g/mol. The van der Waals surface area contributed by atoms with Gasteiger partial charge in [-0.15, -0.1) is 0 Å². The fraction of sp³-hybridized carbons (Fsp3) is 0.686. The Morgan fingerprint density at radius 2 is 1.40 bits per heavy atom. The highest BCUT2D eigenvalue weighted by Gasteiger charge is 2.52. The summed E-state index contributed by atoms with van der Waals surface area (Å²) in [6.07, 6.45) is 0.975. The molecule has 1 aromatic rings. The molecule has 0 radical (unpaired) electrons. The topological polar surface area (TPSA) is 164 Å². The predicted molar refractivity (Wildman–Crippen MR) is 178 cm³/mol. The first-order valence-corrected chi connectivity index (χ1v) is 17.0. The summed E-state index contributed by atoms with van der Waals surface area (Å²) in [4.78, 5) is 64.2. The number of hydrogen-bond acceptors (Lipinski definition) is 8. The van der Waals surface area contributed by atoms with Crippen LogP contribution in [-0.4, -0.2) is 73.3 Å². The van der Waals surface area contributed by atoms with E-state index in [1.54, 1.807) is 0 Å². The maximum atomic E-state index is 13.3. The number of carbonyl (C=O) groups is 5. The first-order valence-electron chi connectivity index (χ1n) is 17.0. The fourth-order valence-electron chi connectivity index (χ4n) is 4.88. The van der Waals surface area contributed by atoms with Gasteiger partial charge >= 0.3 is 12.1 Å². The van der Waals surface area contributed by atoms with Crippen LogP contribution in [0.4, 0.5) is 4.79 Å². The number of amides is 4. The second-order valence-corrected chi connectivity index (χ2v) is 13.5. The van der Waals surface area contributed by atoms with E-state index in [0.717, 1.165) is 24.8 Å². The molecule has 5 atom stereocenters. The standard InChI is InChI=1S/C35H56N4O8/c1-8-9-15-26(37-32(41)28(19-24(6)7)39-35(44)46-20-25-13-11-10-12-14-25)21-45-34(43)30-29(47-30)33(42)38-27(18-23(4)5)31(40)36-17-16-22(2)3/h10-14,22-24,26-30H,8-9,15-21H2,1-7H3,(H,36,40)(H,37,41)(H,38,42)(H,39,44)/t26-,27+,28+,29+,30+/m1/s1. The van der Waals surface area contributed by atoms with Crippen molar-refractivity contribution in [2.45, 2.75) is 124 Å². The third kappa shape index (κ3) is 15.6. The van der Waals surface area contributed by atoms with E-state index in [4.69, 9.17) is 14.2 Å². The zero-order valence-electron chi connectivity index (χ0n) is 29.1. The van der Waals surface area contributed by atoms with Crippen molar-refractivity contribution in [3.05, 3.63) is 35.9 Å². The zero-order chi connectivity index (χ0) is 34.9. The number of unbranched alkanes of at least 4 members (excludes halogenated alkanes) is 1. The molecule has 1 heterocycles. The van der Waals surface area contributed by atoms with Gasteiger partial charge in [-0.25, -0.2) is 9.59 Å². The van der Waals surface area contributed by atoms with Crippen LogP contribution in [0.3, 0.4) is 0 Å². The highest BCUT2D eigenvalue weighted by Crippen LogP contribution is 2.24. The number of esters is 1. The number of nitrogens with one attached hydrogen (secondary N) is 4. The van der Waals surface area contributed by atoms with Crippen molar-refractivity contribution < 1.29 is 38.2 Å². The van der Waals surface area contributed by atoms with Crippen LogP contribution in [0, 0.1) is 17.8 Å². The molecule has 0 spiro atoms. The highest BCUT2D eigenvalue weighted by molar-refractivity contribution is 5.95. The van der Waals surface area contributed by atoms with E-state index in [2.05, 4.69) is 35.1 Å². The molecule has 2 rings (SSSR count). The Morgan fingerprint density at radius 1 is 0.766 bits per heavy atom. The summed E-state index contributed by atoms with van der Waals surface area (Å²) in [5.74, 6) is -1.25. The molecule has 0 saturated carbocycles. The molecular weight excluding hydrogens is 604 g/mol. The van der Waals surface area contributed by atoms with Crippen LogP contribution in [0.1, 0.15) is 92.6 Å². The zero-order valence-corrected chi connectivity index (χ0v) is 29.1.